The van der Waals surface area contributed by atoms with Crippen molar-refractivity contribution in [3.63, 3.8) is 0 Å². The van der Waals surface area contributed by atoms with E-state index >= 15 is 0 Å². The molecule has 106 valence electrons. The first kappa shape index (κ1) is 14.1. The summed E-state index contributed by atoms with van der Waals surface area (Å²) in [5.74, 6) is 1.77. The lowest BCUT2D eigenvalue weighted by atomic mass is 9.77. The van der Waals surface area contributed by atoms with E-state index in [-0.39, 0.29) is 11.3 Å². The molecule has 1 aliphatic carbocycles. The van der Waals surface area contributed by atoms with Crippen LogP contribution in [-0.4, -0.2) is 22.4 Å². The highest BCUT2D eigenvalue weighted by Crippen LogP contribution is 2.43. The van der Waals surface area contributed by atoms with E-state index in [9.17, 15) is 4.79 Å². The number of aromatic amines is 1. The van der Waals surface area contributed by atoms with Crippen molar-refractivity contribution in [1.29, 1.82) is 0 Å². The molecular weight excluding hydrogens is 238 g/mol. The van der Waals surface area contributed by atoms with Gasteiger partial charge in [-0.15, -0.1) is 0 Å². The molecular formula is C15H25N3O. The molecule has 19 heavy (non-hydrogen) atoms. The summed E-state index contributed by atoms with van der Waals surface area (Å²) in [6, 6.07) is 0. The van der Waals surface area contributed by atoms with Crippen molar-refractivity contribution in [1.82, 2.24) is 15.3 Å². The van der Waals surface area contributed by atoms with Crippen LogP contribution >= 0.6 is 0 Å². The normalized spacial score (nSPS) is 17.8. The van der Waals surface area contributed by atoms with Crippen LogP contribution in [0.3, 0.4) is 0 Å². The van der Waals surface area contributed by atoms with Crippen molar-refractivity contribution in [2.75, 3.05) is 6.54 Å². The van der Waals surface area contributed by atoms with E-state index in [2.05, 4.69) is 29.1 Å². The lowest BCUT2D eigenvalue weighted by Crippen LogP contribution is -2.41. The second-order valence-corrected chi connectivity index (χ2v) is 6.13. The number of amides is 1. The van der Waals surface area contributed by atoms with Gasteiger partial charge in [0.15, 0.2) is 0 Å². The van der Waals surface area contributed by atoms with Gasteiger partial charge in [-0.1, -0.05) is 26.7 Å². The van der Waals surface area contributed by atoms with Crippen LogP contribution in [0.5, 0.6) is 0 Å². The topological polar surface area (TPSA) is 57.8 Å². The van der Waals surface area contributed by atoms with Gasteiger partial charge in [-0.2, -0.15) is 0 Å². The zero-order chi connectivity index (χ0) is 13.7. The minimum atomic E-state index is -0.0999. The average molecular weight is 263 g/mol. The summed E-state index contributed by atoms with van der Waals surface area (Å²) in [6.07, 6.45) is 9.84. The lowest BCUT2D eigenvalue weighted by molar-refractivity contribution is -0.131. The molecule has 0 saturated heterocycles. The summed E-state index contributed by atoms with van der Waals surface area (Å²) < 4.78 is 0. The predicted molar refractivity (Wildman–Crippen MR) is 75.7 cm³/mol. The summed E-state index contributed by atoms with van der Waals surface area (Å²) >= 11 is 0. The molecule has 0 radical (unpaired) electrons. The Balaban J connectivity index is 1.85. The number of aromatic nitrogens is 2. The van der Waals surface area contributed by atoms with Gasteiger partial charge in [-0.3, -0.25) is 4.79 Å². The number of nitrogens with one attached hydrogen (secondary N) is 2. The van der Waals surface area contributed by atoms with Gasteiger partial charge in [0.2, 0.25) is 5.91 Å². The molecule has 0 atom stereocenters. The molecule has 4 nitrogen and oxygen atoms in total. The van der Waals surface area contributed by atoms with Gasteiger partial charge >= 0.3 is 0 Å². The third kappa shape index (κ3) is 3.58. The van der Waals surface area contributed by atoms with E-state index in [1.54, 1.807) is 6.20 Å². The first-order valence-corrected chi connectivity index (χ1v) is 7.39. The van der Waals surface area contributed by atoms with Crippen molar-refractivity contribution >= 4 is 5.91 Å². The fourth-order valence-electron chi connectivity index (χ4n) is 3.27. The van der Waals surface area contributed by atoms with Gasteiger partial charge in [-0.05, 0) is 25.2 Å². The maximum absolute atomic E-state index is 12.5. The quantitative estimate of drug-likeness (QED) is 0.829. The van der Waals surface area contributed by atoms with Crippen LogP contribution in [0, 0.1) is 11.3 Å². The van der Waals surface area contributed by atoms with Crippen molar-refractivity contribution in [3.8, 4) is 0 Å². The number of carbonyl (C=O) groups is 1. The fourth-order valence-corrected chi connectivity index (χ4v) is 3.27. The van der Waals surface area contributed by atoms with E-state index in [4.69, 9.17) is 0 Å². The minimum Gasteiger partial charge on any atom is -0.355 e. The van der Waals surface area contributed by atoms with Gasteiger partial charge in [-0.25, -0.2) is 4.98 Å². The van der Waals surface area contributed by atoms with Crippen LogP contribution in [0.4, 0.5) is 0 Å². The van der Waals surface area contributed by atoms with Crippen LogP contribution in [0.15, 0.2) is 12.4 Å². The third-order valence-electron chi connectivity index (χ3n) is 4.04. The SMILES string of the molecule is CC(C)CC1(C(=O)NCCc2ncc[nH]2)CCCC1. The Morgan fingerprint density at radius 3 is 2.79 bits per heavy atom. The summed E-state index contributed by atoms with van der Waals surface area (Å²) in [4.78, 5) is 19.7. The number of carbonyl (C=O) groups excluding carboxylic acids is 1. The number of nitrogens with zero attached hydrogens (tertiary/aromatic N) is 1. The summed E-state index contributed by atoms with van der Waals surface area (Å²) in [5.41, 5.74) is -0.0999. The van der Waals surface area contributed by atoms with Crippen molar-refractivity contribution < 1.29 is 4.79 Å². The van der Waals surface area contributed by atoms with E-state index in [1.807, 2.05) is 6.20 Å². The van der Waals surface area contributed by atoms with Crippen molar-refractivity contribution in [2.45, 2.75) is 52.4 Å². The number of hydrogen-bond acceptors (Lipinski definition) is 2. The third-order valence-corrected chi connectivity index (χ3v) is 4.04. The molecule has 1 aliphatic rings. The Kier molecular flexibility index (Phi) is 4.61. The van der Waals surface area contributed by atoms with Crippen LogP contribution in [0.1, 0.15) is 51.8 Å². The summed E-state index contributed by atoms with van der Waals surface area (Å²) in [7, 11) is 0. The Morgan fingerprint density at radius 2 is 2.21 bits per heavy atom. The maximum Gasteiger partial charge on any atom is 0.226 e. The fraction of sp³-hybridized carbons (Fsp3) is 0.733. The summed E-state index contributed by atoms with van der Waals surface area (Å²) in [5, 5.41) is 3.11. The molecule has 1 aromatic rings. The zero-order valence-electron chi connectivity index (χ0n) is 12.0. The van der Waals surface area contributed by atoms with E-state index in [0.29, 0.717) is 12.5 Å². The number of H-pyrrole nitrogens is 1. The number of imidazole rings is 1. The molecule has 1 saturated carbocycles. The smallest absolute Gasteiger partial charge is 0.226 e. The Labute approximate surface area is 115 Å². The van der Waals surface area contributed by atoms with Gasteiger partial charge in [0.25, 0.3) is 0 Å². The Hall–Kier alpha value is -1.32. The highest BCUT2D eigenvalue weighted by atomic mass is 16.2. The highest BCUT2D eigenvalue weighted by Gasteiger charge is 2.40. The first-order valence-electron chi connectivity index (χ1n) is 7.39. The molecule has 1 fully saturated rings. The Bertz CT molecular complexity index is 392. The molecule has 2 rings (SSSR count). The van der Waals surface area contributed by atoms with Crippen LogP contribution in [0.2, 0.25) is 0 Å². The molecule has 1 heterocycles. The zero-order valence-corrected chi connectivity index (χ0v) is 12.0. The van der Waals surface area contributed by atoms with Gasteiger partial charge in [0.1, 0.15) is 5.82 Å². The Morgan fingerprint density at radius 1 is 1.47 bits per heavy atom. The molecule has 1 aromatic heterocycles. The summed E-state index contributed by atoms with van der Waals surface area (Å²) in [6.45, 7) is 5.08. The number of hydrogen-bond donors (Lipinski definition) is 2. The monoisotopic (exact) mass is 263 g/mol. The van der Waals surface area contributed by atoms with Gasteiger partial charge < -0.3 is 10.3 Å². The van der Waals surface area contributed by atoms with Crippen LogP contribution in [0.25, 0.3) is 0 Å². The van der Waals surface area contributed by atoms with E-state index in [1.165, 1.54) is 12.8 Å². The predicted octanol–water partition coefficient (Wildman–Crippen LogP) is 2.67. The first-order chi connectivity index (χ1) is 9.12. The van der Waals surface area contributed by atoms with E-state index in [0.717, 1.165) is 31.5 Å². The highest BCUT2D eigenvalue weighted by molar-refractivity contribution is 5.82. The van der Waals surface area contributed by atoms with Crippen molar-refractivity contribution in [2.24, 2.45) is 11.3 Å². The van der Waals surface area contributed by atoms with Crippen LogP contribution in [-0.2, 0) is 11.2 Å². The molecule has 0 aromatic carbocycles. The maximum atomic E-state index is 12.5. The molecule has 0 unspecified atom stereocenters. The van der Waals surface area contributed by atoms with E-state index < -0.39 is 0 Å². The molecule has 1 amide bonds. The molecule has 4 heteroatoms. The minimum absolute atomic E-state index is 0.0999. The molecule has 0 aliphatic heterocycles. The van der Waals surface area contributed by atoms with Gasteiger partial charge in [0.05, 0.1) is 0 Å². The second-order valence-electron chi connectivity index (χ2n) is 6.13. The largest absolute Gasteiger partial charge is 0.355 e. The van der Waals surface area contributed by atoms with Gasteiger partial charge in [0, 0.05) is 30.8 Å². The molecule has 0 bridgehead atoms. The second kappa shape index (κ2) is 6.22. The lowest BCUT2D eigenvalue weighted by Gasteiger charge is -2.29. The average Bonchev–Trinajstić information content (AvgIpc) is 3.00. The standard InChI is InChI=1S/C15H25N3O/c1-12(2)11-15(6-3-4-7-15)14(19)18-8-5-13-16-9-10-17-13/h9-10,12H,3-8,11H2,1-2H3,(H,16,17)(H,18,19). The molecule has 2 N–H and O–H groups in total. The number of rotatable bonds is 6. The molecule has 0 spiro atoms. The van der Waals surface area contributed by atoms with Crippen molar-refractivity contribution in [3.05, 3.63) is 18.2 Å². The van der Waals surface area contributed by atoms with Crippen LogP contribution < -0.4 is 5.32 Å².